The molecular weight excluding hydrogens is 236 g/mol. The van der Waals surface area contributed by atoms with Gasteiger partial charge in [-0.2, -0.15) is 0 Å². The standard InChI is InChI=1S/C12H16N2O4/c1-13(8-4-7-11(16)17)12(18)9-5-3-6-10(15)14(9)2/h3,5-6H,4,7-8H2,1-2H3,(H,16,17). The Morgan fingerprint density at radius 1 is 1.39 bits per heavy atom. The molecule has 1 heterocycles. The predicted octanol–water partition coefficient (Wildman–Crippen LogP) is 0.322. The van der Waals surface area contributed by atoms with Gasteiger partial charge in [0.15, 0.2) is 0 Å². The van der Waals surface area contributed by atoms with Crippen molar-refractivity contribution >= 4 is 11.9 Å². The molecule has 0 aliphatic carbocycles. The van der Waals surface area contributed by atoms with E-state index in [1.54, 1.807) is 13.1 Å². The summed E-state index contributed by atoms with van der Waals surface area (Å²) in [6, 6.07) is 4.47. The molecule has 0 saturated carbocycles. The fraction of sp³-hybridized carbons (Fsp3) is 0.417. The zero-order valence-electron chi connectivity index (χ0n) is 10.4. The van der Waals surface area contributed by atoms with E-state index >= 15 is 0 Å². The molecule has 0 aliphatic rings. The van der Waals surface area contributed by atoms with E-state index < -0.39 is 5.97 Å². The first-order valence-corrected chi connectivity index (χ1v) is 5.57. The third-order valence-corrected chi connectivity index (χ3v) is 2.63. The van der Waals surface area contributed by atoms with Crippen LogP contribution in [0.15, 0.2) is 23.0 Å². The quantitative estimate of drug-likeness (QED) is 0.818. The SMILES string of the molecule is CN(CCCC(=O)O)C(=O)c1cccc(=O)n1C. The third-order valence-electron chi connectivity index (χ3n) is 2.63. The molecule has 6 nitrogen and oxygen atoms in total. The van der Waals surface area contributed by atoms with Crippen molar-refractivity contribution in [3.8, 4) is 0 Å². The number of pyridine rings is 1. The van der Waals surface area contributed by atoms with Crippen molar-refractivity contribution < 1.29 is 14.7 Å². The van der Waals surface area contributed by atoms with Crippen molar-refractivity contribution in [3.05, 3.63) is 34.2 Å². The van der Waals surface area contributed by atoms with Crippen LogP contribution in [0.25, 0.3) is 0 Å². The molecule has 6 heteroatoms. The maximum Gasteiger partial charge on any atom is 0.303 e. The van der Waals surface area contributed by atoms with Crippen molar-refractivity contribution in [2.45, 2.75) is 12.8 Å². The highest BCUT2D eigenvalue weighted by molar-refractivity contribution is 5.92. The minimum absolute atomic E-state index is 0.0192. The molecule has 0 unspecified atom stereocenters. The Hall–Kier alpha value is -2.11. The number of nitrogens with zero attached hydrogens (tertiary/aromatic N) is 2. The summed E-state index contributed by atoms with van der Waals surface area (Å²) in [4.78, 5) is 35.2. The Morgan fingerprint density at radius 3 is 2.67 bits per heavy atom. The van der Waals surface area contributed by atoms with Gasteiger partial charge in [0.25, 0.3) is 11.5 Å². The lowest BCUT2D eigenvalue weighted by atomic mass is 10.2. The van der Waals surface area contributed by atoms with Gasteiger partial charge in [-0.3, -0.25) is 14.4 Å². The van der Waals surface area contributed by atoms with Crippen LogP contribution >= 0.6 is 0 Å². The number of aliphatic carboxylic acids is 1. The van der Waals surface area contributed by atoms with Gasteiger partial charge in [-0.15, -0.1) is 0 Å². The van der Waals surface area contributed by atoms with E-state index in [0.717, 1.165) is 0 Å². The van der Waals surface area contributed by atoms with Gasteiger partial charge in [-0.1, -0.05) is 6.07 Å². The molecule has 1 amide bonds. The highest BCUT2D eigenvalue weighted by Gasteiger charge is 2.14. The van der Waals surface area contributed by atoms with Gasteiger partial charge in [0.2, 0.25) is 0 Å². The summed E-state index contributed by atoms with van der Waals surface area (Å²) < 4.78 is 1.27. The van der Waals surface area contributed by atoms with E-state index in [2.05, 4.69) is 0 Å². The lowest BCUT2D eigenvalue weighted by Gasteiger charge is -2.18. The van der Waals surface area contributed by atoms with Gasteiger partial charge in [-0.05, 0) is 12.5 Å². The Kier molecular flexibility index (Phi) is 4.65. The van der Waals surface area contributed by atoms with E-state index in [0.29, 0.717) is 18.7 Å². The lowest BCUT2D eigenvalue weighted by molar-refractivity contribution is -0.137. The molecular formula is C12H16N2O4. The van der Waals surface area contributed by atoms with Crippen molar-refractivity contribution in [3.63, 3.8) is 0 Å². The average molecular weight is 252 g/mol. The molecule has 0 spiro atoms. The van der Waals surface area contributed by atoms with E-state index in [1.165, 1.54) is 28.6 Å². The van der Waals surface area contributed by atoms with Crippen molar-refractivity contribution in [2.75, 3.05) is 13.6 Å². The molecule has 0 saturated heterocycles. The Bertz CT molecular complexity index is 507. The minimum atomic E-state index is -0.886. The summed E-state index contributed by atoms with van der Waals surface area (Å²) in [5.41, 5.74) is 0.0418. The molecule has 1 aromatic rings. The summed E-state index contributed by atoms with van der Waals surface area (Å²) in [6.45, 7) is 0.341. The zero-order chi connectivity index (χ0) is 13.7. The predicted molar refractivity (Wildman–Crippen MR) is 65.5 cm³/mol. The first kappa shape index (κ1) is 14.0. The number of carbonyl (C=O) groups excluding carboxylic acids is 1. The van der Waals surface area contributed by atoms with Crippen LogP contribution < -0.4 is 5.56 Å². The molecule has 1 aromatic heterocycles. The summed E-state index contributed by atoms with van der Waals surface area (Å²) in [5, 5.41) is 8.51. The van der Waals surface area contributed by atoms with Crippen LogP contribution in [0.4, 0.5) is 0 Å². The normalized spacial score (nSPS) is 10.1. The maximum atomic E-state index is 12.0. The first-order chi connectivity index (χ1) is 8.43. The highest BCUT2D eigenvalue weighted by Crippen LogP contribution is 2.02. The monoisotopic (exact) mass is 252 g/mol. The number of carbonyl (C=O) groups is 2. The van der Waals surface area contributed by atoms with Crippen LogP contribution in [0.2, 0.25) is 0 Å². The molecule has 0 aliphatic heterocycles. The molecule has 98 valence electrons. The van der Waals surface area contributed by atoms with Crippen LogP contribution in [0.3, 0.4) is 0 Å². The van der Waals surface area contributed by atoms with Gasteiger partial charge in [0.05, 0.1) is 0 Å². The van der Waals surface area contributed by atoms with Crippen LogP contribution in [0.5, 0.6) is 0 Å². The molecule has 18 heavy (non-hydrogen) atoms. The zero-order valence-corrected chi connectivity index (χ0v) is 10.4. The highest BCUT2D eigenvalue weighted by atomic mass is 16.4. The van der Waals surface area contributed by atoms with E-state index in [9.17, 15) is 14.4 Å². The number of hydrogen-bond donors (Lipinski definition) is 1. The lowest BCUT2D eigenvalue weighted by Crippen LogP contribution is -2.33. The van der Waals surface area contributed by atoms with Gasteiger partial charge in [0.1, 0.15) is 5.69 Å². The molecule has 1 rings (SSSR count). The second-order valence-corrected chi connectivity index (χ2v) is 4.03. The van der Waals surface area contributed by atoms with E-state index in [-0.39, 0.29) is 17.9 Å². The van der Waals surface area contributed by atoms with Gasteiger partial charge < -0.3 is 14.6 Å². The minimum Gasteiger partial charge on any atom is -0.481 e. The molecule has 0 atom stereocenters. The molecule has 0 bridgehead atoms. The summed E-state index contributed by atoms with van der Waals surface area (Å²) in [7, 11) is 3.11. The van der Waals surface area contributed by atoms with E-state index in [4.69, 9.17) is 5.11 Å². The largest absolute Gasteiger partial charge is 0.481 e. The van der Waals surface area contributed by atoms with Crippen LogP contribution in [-0.2, 0) is 11.8 Å². The van der Waals surface area contributed by atoms with Gasteiger partial charge in [-0.25, -0.2) is 0 Å². The topological polar surface area (TPSA) is 79.6 Å². The Morgan fingerprint density at radius 2 is 2.06 bits per heavy atom. The second kappa shape index (κ2) is 6.00. The molecule has 0 aromatic carbocycles. The maximum absolute atomic E-state index is 12.0. The van der Waals surface area contributed by atoms with Crippen molar-refractivity contribution in [1.82, 2.24) is 9.47 Å². The Labute approximate surface area is 104 Å². The first-order valence-electron chi connectivity index (χ1n) is 5.57. The van der Waals surface area contributed by atoms with Crippen LogP contribution in [0, 0.1) is 0 Å². The summed E-state index contributed by atoms with van der Waals surface area (Å²) in [5.74, 6) is -1.18. The van der Waals surface area contributed by atoms with Gasteiger partial charge >= 0.3 is 5.97 Å². The molecule has 0 radical (unpaired) electrons. The second-order valence-electron chi connectivity index (χ2n) is 4.03. The Balaban J connectivity index is 2.72. The average Bonchev–Trinajstić information content (AvgIpc) is 2.31. The number of rotatable bonds is 5. The molecule has 1 N–H and O–H groups in total. The third kappa shape index (κ3) is 3.44. The fourth-order valence-corrected chi connectivity index (χ4v) is 1.54. The number of carboxylic acids is 1. The summed E-state index contributed by atoms with van der Waals surface area (Å²) in [6.07, 6.45) is 0.406. The smallest absolute Gasteiger partial charge is 0.303 e. The van der Waals surface area contributed by atoms with E-state index in [1.807, 2.05) is 0 Å². The number of aromatic nitrogens is 1. The number of hydrogen-bond acceptors (Lipinski definition) is 3. The van der Waals surface area contributed by atoms with Crippen LogP contribution in [-0.4, -0.2) is 40.0 Å². The van der Waals surface area contributed by atoms with Crippen molar-refractivity contribution in [2.24, 2.45) is 7.05 Å². The van der Waals surface area contributed by atoms with Gasteiger partial charge in [0, 0.05) is 33.1 Å². The summed E-state index contributed by atoms with van der Waals surface area (Å²) >= 11 is 0. The van der Waals surface area contributed by atoms with Crippen molar-refractivity contribution in [1.29, 1.82) is 0 Å². The van der Waals surface area contributed by atoms with Crippen LogP contribution in [0.1, 0.15) is 23.3 Å². The number of carboxylic acid groups (broad SMARTS) is 1. The molecule has 0 fully saturated rings. The fourth-order valence-electron chi connectivity index (χ4n) is 1.54. The number of amides is 1.